The number of carboxylic acid groups (broad SMARTS) is 1. The summed E-state index contributed by atoms with van der Waals surface area (Å²) in [6, 6.07) is 0. The second-order valence-corrected chi connectivity index (χ2v) is 4.54. The lowest BCUT2D eigenvalue weighted by Gasteiger charge is -2.25. The molecule has 0 aliphatic heterocycles. The summed E-state index contributed by atoms with van der Waals surface area (Å²) in [7, 11) is 1.30. The lowest BCUT2D eigenvalue weighted by atomic mass is 9.82. The van der Waals surface area contributed by atoms with Crippen LogP contribution in [0.5, 0.6) is 0 Å². The average molecular weight is 227 g/mol. The molecular formula is C12H19O4-. The molecule has 0 aromatic heterocycles. The van der Waals surface area contributed by atoms with E-state index in [9.17, 15) is 14.7 Å². The molecule has 92 valence electrons. The van der Waals surface area contributed by atoms with Gasteiger partial charge in [0.2, 0.25) is 0 Å². The van der Waals surface area contributed by atoms with Gasteiger partial charge in [-0.25, -0.2) is 0 Å². The highest BCUT2D eigenvalue weighted by molar-refractivity contribution is 5.78. The third-order valence-corrected chi connectivity index (χ3v) is 3.29. The van der Waals surface area contributed by atoms with Gasteiger partial charge in [0.1, 0.15) is 0 Å². The van der Waals surface area contributed by atoms with Gasteiger partial charge in [-0.05, 0) is 12.3 Å². The summed E-state index contributed by atoms with van der Waals surface area (Å²) in [6.07, 6.45) is 6.22. The summed E-state index contributed by atoms with van der Waals surface area (Å²) in [6.45, 7) is 0. The molecular weight excluding hydrogens is 208 g/mol. The van der Waals surface area contributed by atoms with Gasteiger partial charge in [0.25, 0.3) is 0 Å². The molecule has 1 rings (SSSR count). The Hall–Kier alpha value is -1.06. The van der Waals surface area contributed by atoms with E-state index < -0.39 is 17.9 Å². The first-order valence-electron chi connectivity index (χ1n) is 5.91. The van der Waals surface area contributed by atoms with Crippen LogP contribution in [0.1, 0.15) is 44.9 Å². The van der Waals surface area contributed by atoms with Crippen molar-refractivity contribution in [1.29, 1.82) is 0 Å². The maximum Gasteiger partial charge on any atom is 0.309 e. The molecule has 0 radical (unpaired) electrons. The van der Waals surface area contributed by atoms with Gasteiger partial charge in [-0.3, -0.25) is 4.79 Å². The van der Waals surface area contributed by atoms with Crippen LogP contribution in [0.25, 0.3) is 0 Å². The molecule has 1 unspecified atom stereocenters. The first-order chi connectivity index (χ1) is 7.63. The van der Waals surface area contributed by atoms with Crippen molar-refractivity contribution < 1.29 is 19.4 Å². The fourth-order valence-corrected chi connectivity index (χ4v) is 2.46. The van der Waals surface area contributed by atoms with Crippen molar-refractivity contribution in [3.05, 3.63) is 0 Å². The largest absolute Gasteiger partial charge is 0.550 e. The topological polar surface area (TPSA) is 66.4 Å². The minimum absolute atomic E-state index is 0.219. The lowest BCUT2D eigenvalue weighted by Crippen LogP contribution is -2.30. The normalized spacial score (nSPS) is 19.1. The zero-order chi connectivity index (χ0) is 12.0. The molecule has 0 amide bonds. The molecule has 0 saturated heterocycles. The van der Waals surface area contributed by atoms with E-state index in [0.29, 0.717) is 12.3 Å². The summed E-state index contributed by atoms with van der Waals surface area (Å²) in [5, 5.41) is 10.6. The van der Waals surface area contributed by atoms with Crippen LogP contribution in [0, 0.1) is 11.8 Å². The summed E-state index contributed by atoms with van der Waals surface area (Å²) in [4.78, 5) is 22.0. The molecule has 0 aromatic carbocycles. The number of rotatable bonds is 5. The van der Waals surface area contributed by atoms with Gasteiger partial charge in [0.15, 0.2) is 0 Å². The van der Waals surface area contributed by atoms with Gasteiger partial charge >= 0.3 is 5.97 Å². The molecule has 0 heterocycles. The predicted octanol–water partition coefficient (Wildman–Crippen LogP) is 0.886. The summed E-state index contributed by atoms with van der Waals surface area (Å²) < 4.78 is 4.62. The Balaban J connectivity index is 2.47. The quantitative estimate of drug-likeness (QED) is 0.654. The number of esters is 1. The van der Waals surface area contributed by atoms with Gasteiger partial charge in [0, 0.05) is 12.4 Å². The lowest BCUT2D eigenvalue weighted by molar-refractivity contribution is -0.306. The minimum atomic E-state index is -1.17. The molecule has 0 aromatic rings. The van der Waals surface area contributed by atoms with Crippen LogP contribution >= 0.6 is 0 Å². The highest BCUT2D eigenvalue weighted by Gasteiger charge is 2.24. The van der Waals surface area contributed by atoms with E-state index in [1.807, 2.05) is 0 Å². The second-order valence-electron chi connectivity index (χ2n) is 4.54. The Morgan fingerprint density at radius 3 is 2.44 bits per heavy atom. The van der Waals surface area contributed by atoms with Crippen LogP contribution in [0.2, 0.25) is 0 Å². The standard InChI is InChI=1S/C12H20O4/c1-16-12(15)10(8-11(13)14)7-9-5-3-2-4-6-9/h9-10H,2-8H2,1H3,(H,13,14)/p-1. The van der Waals surface area contributed by atoms with Crippen LogP contribution < -0.4 is 5.11 Å². The Bertz CT molecular complexity index is 243. The summed E-state index contributed by atoms with van der Waals surface area (Å²) in [5.41, 5.74) is 0. The number of carbonyl (C=O) groups excluding carboxylic acids is 2. The van der Waals surface area contributed by atoms with E-state index >= 15 is 0 Å². The maximum absolute atomic E-state index is 11.4. The number of hydrogen-bond donors (Lipinski definition) is 0. The maximum atomic E-state index is 11.4. The monoisotopic (exact) mass is 227 g/mol. The molecule has 16 heavy (non-hydrogen) atoms. The molecule has 1 aliphatic carbocycles. The van der Waals surface area contributed by atoms with Gasteiger partial charge < -0.3 is 14.6 Å². The third-order valence-electron chi connectivity index (χ3n) is 3.29. The Kier molecular flexibility index (Phi) is 5.29. The third kappa shape index (κ3) is 4.21. The van der Waals surface area contributed by atoms with E-state index in [2.05, 4.69) is 4.74 Å². The van der Waals surface area contributed by atoms with Gasteiger partial charge in [-0.1, -0.05) is 32.1 Å². The van der Waals surface area contributed by atoms with Crippen molar-refractivity contribution in [2.24, 2.45) is 11.8 Å². The first kappa shape index (κ1) is 13.0. The first-order valence-corrected chi connectivity index (χ1v) is 5.91. The van der Waals surface area contributed by atoms with Crippen LogP contribution in [0.3, 0.4) is 0 Å². The highest BCUT2D eigenvalue weighted by atomic mass is 16.5. The fraction of sp³-hybridized carbons (Fsp3) is 0.833. The Labute approximate surface area is 96.0 Å². The fourth-order valence-electron chi connectivity index (χ4n) is 2.46. The number of hydrogen-bond acceptors (Lipinski definition) is 4. The molecule has 4 heteroatoms. The van der Waals surface area contributed by atoms with Crippen molar-refractivity contribution in [1.82, 2.24) is 0 Å². The number of aliphatic carboxylic acids is 1. The van der Waals surface area contributed by atoms with Crippen LogP contribution in [-0.4, -0.2) is 19.0 Å². The van der Waals surface area contributed by atoms with Crippen LogP contribution in [0.15, 0.2) is 0 Å². The van der Waals surface area contributed by atoms with Gasteiger partial charge in [-0.15, -0.1) is 0 Å². The molecule has 0 N–H and O–H groups in total. The SMILES string of the molecule is COC(=O)C(CC(=O)[O-])CC1CCCCC1. The number of ether oxygens (including phenoxy) is 1. The Morgan fingerprint density at radius 1 is 1.31 bits per heavy atom. The number of carbonyl (C=O) groups is 2. The van der Waals surface area contributed by atoms with E-state index in [4.69, 9.17) is 0 Å². The molecule has 1 fully saturated rings. The van der Waals surface area contributed by atoms with E-state index in [0.717, 1.165) is 12.8 Å². The number of methoxy groups -OCH3 is 1. The summed E-state index contributed by atoms with van der Waals surface area (Å²) in [5.74, 6) is -1.66. The summed E-state index contributed by atoms with van der Waals surface area (Å²) >= 11 is 0. The molecule has 0 bridgehead atoms. The molecule has 1 saturated carbocycles. The van der Waals surface area contributed by atoms with Crippen molar-refractivity contribution in [2.45, 2.75) is 44.9 Å². The van der Waals surface area contributed by atoms with Crippen molar-refractivity contribution in [3.8, 4) is 0 Å². The zero-order valence-corrected chi connectivity index (χ0v) is 9.74. The Morgan fingerprint density at radius 2 is 1.94 bits per heavy atom. The van der Waals surface area contributed by atoms with Crippen molar-refractivity contribution >= 4 is 11.9 Å². The van der Waals surface area contributed by atoms with E-state index in [-0.39, 0.29) is 6.42 Å². The molecule has 0 spiro atoms. The van der Waals surface area contributed by atoms with Crippen molar-refractivity contribution in [3.63, 3.8) is 0 Å². The number of carboxylic acids is 1. The molecule has 4 nitrogen and oxygen atoms in total. The van der Waals surface area contributed by atoms with Crippen molar-refractivity contribution in [2.75, 3.05) is 7.11 Å². The minimum Gasteiger partial charge on any atom is -0.550 e. The second kappa shape index (κ2) is 6.51. The van der Waals surface area contributed by atoms with E-state index in [1.54, 1.807) is 0 Å². The van der Waals surface area contributed by atoms with Crippen LogP contribution in [-0.2, 0) is 14.3 Å². The molecule has 1 aliphatic rings. The smallest absolute Gasteiger partial charge is 0.309 e. The van der Waals surface area contributed by atoms with Gasteiger partial charge in [-0.2, -0.15) is 0 Å². The predicted molar refractivity (Wildman–Crippen MR) is 56.3 cm³/mol. The van der Waals surface area contributed by atoms with Gasteiger partial charge in [0.05, 0.1) is 13.0 Å². The zero-order valence-electron chi connectivity index (χ0n) is 9.74. The van der Waals surface area contributed by atoms with Crippen LogP contribution in [0.4, 0.5) is 0 Å². The molecule has 1 atom stereocenters. The highest BCUT2D eigenvalue weighted by Crippen LogP contribution is 2.30. The van der Waals surface area contributed by atoms with E-state index in [1.165, 1.54) is 26.4 Å². The average Bonchev–Trinajstić information content (AvgIpc) is 2.28.